The summed E-state index contributed by atoms with van der Waals surface area (Å²) in [6.07, 6.45) is 2.52. The molecule has 0 aromatic carbocycles. The topological polar surface area (TPSA) is 29.3 Å². The lowest BCUT2D eigenvalue weighted by atomic mass is 9.83. The molecule has 0 bridgehead atoms. The molecular formula is C15H32N2. The van der Waals surface area contributed by atoms with E-state index in [1.807, 2.05) is 0 Å². The second-order valence-corrected chi connectivity index (χ2v) is 7.35. The van der Waals surface area contributed by atoms with Crippen LogP contribution in [0.2, 0.25) is 0 Å². The summed E-state index contributed by atoms with van der Waals surface area (Å²) in [5, 5.41) is 0. The third-order valence-electron chi connectivity index (χ3n) is 5.19. The zero-order chi connectivity index (χ0) is 13.4. The second-order valence-electron chi connectivity index (χ2n) is 7.35. The van der Waals surface area contributed by atoms with Gasteiger partial charge in [-0.05, 0) is 44.1 Å². The molecule has 2 N–H and O–H groups in total. The van der Waals surface area contributed by atoms with Gasteiger partial charge in [-0.15, -0.1) is 0 Å². The first-order valence-electron chi connectivity index (χ1n) is 7.09. The molecule has 1 saturated carbocycles. The molecule has 102 valence electrons. The Hall–Kier alpha value is -0.0800. The Kier molecular flexibility index (Phi) is 4.31. The van der Waals surface area contributed by atoms with Crippen LogP contribution in [0.15, 0.2) is 0 Å². The number of rotatable bonds is 4. The predicted octanol–water partition coefficient (Wildman–Crippen LogP) is 3.12. The molecule has 0 radical (unpaired) electrons. The van der Waals surface area contributed by atoms with Crippen molar-refractivity contribution < 1.29 is 0 Å². The van der Waals surface area contributed by atoms with Crippen molar-refractivity contribution in [3.8, 4) is 0 Å². The van der Waals surface area contributed by atoms with Crippen LogP contribution in [0, 0.1) is 17.3 Å². The van der Waals surface area contributed by atoms with Crippen molar-refractivity contribution in [2.45, 2.75) is 66.0 Å². The Morgan fingerprint density at radius 3 is 2.12 bits per heavy atom. The monoisotopic (exact) mass is 240 g/mol. The molecule has 3 unspecified atom stereocenters. The van der Waals surface area contributed by atoms with Crippen molar-refractivity contribution in [2.75, 3.05) is 13.6 Å². The maximum absolute atomic E-state index is 6.18. The molecule has 3 atom stereocenters. The molecule has 2 heteroatoms. The fourth-order valence-electron chi connectivity index (χ4n) is 3.84. The van der Waals surface area contributed by atoms with Gasteiger partial charge in [0.15, 0.2) is 0 Å². The molecule has 1 rings (SSSR count). The minimum atomic E-state index is 0.202. The standard InChI is InChI=1S/C15H32N2/c1-11(2)13(4)17(7)15(10-16)9-14(5,6)8-12(15)3/h11-13H,8-10,16H2,1-7H3. The average Bonchev–Trinajstić information content (AvgIpc) is 2.46. The van der Waals surface area contributed by atoms with Crippen LogP contribution in [0.25, 0.3) is 0 Å². The van der Waals surface area contributed by atoms with Crippen molar-refractivity contribution >= 4 is 0 Å². The molecule has 1 fully saturated rings. The Morgan fingerprint density at radius 2 is 1.82 bits per heavy atom. The fourth-order valence-corrected chi connectivity index (χ4v) is 3.84. The first kappa shape index (κ1) is 15.0. The van der Waals surface area contributed by atoms with Crippen molar-refractivity contribution in [3.63, 3.8) is 0 Å². The van der Waals surface area contributed by atoms with Crippen molar-refractivity contribution in [3.05, 3.63) is 0 Å². The largest absolute Gasteiger partial charge is 0.329 e. The highest BCUT2D eigenvalue weighted by atomic mass is 15.2. The average molecular weight is 240 g/mol. The third-order valence-corrected chi connectivity index (χ3v) is 5.19. The number of hydrogen-bond donors (Lipinski definition) is 1. The molecule has 0 aromatic rings. The zero-order valence-corrected chi connectivity index (χ0v) is 12.9. The summed E-state index contributed by atoms with van der Waals surface area (Å²) in [5.74, 6) is 1.37. The highest BCUT2D eigenvalue weighted by Crippen LogP contribution is 2.50. The summed E-state index contributed by atoms with van der Waals surface area (Å²) >= 11 is 0. The molecule has 0 amide bonds. The predicted molar refractivity (Wildman–Crippen MR) is 76.0 cm³/mol. The summed E-state index contributed by atoms with van der Waals surface area (Å²) in [6, 6.07) is 0.592. The van der Waals surface area contributed by atoms with E-state index in [1.165, 1.54) is 12.8 Å². The molecule has 0 heterocycles. The van der Waals surface area contributed by atoms with Crippen molar-refractivity contribution in [1.82, 2.24) is 4.90 Å². The Bertz CT molecular complexity index is 260. The third kappa shape index (κ3) is 2.68. The summed E-state index contributed by atoms with van der Waals surface area (Å²) < 4.78 is 0. The van der Waals surface area contributed by atoms with Gasteiger partial charge in [-0.3, -0.25) is 4.90 Å². The summed E-state index contributed by atoms with van der Waals surface area (Å²) in [4.78, 5) is 2.57. The van der Waals surface area contributed by atoms with E-state index in [1.54, 1.807) is 0 Å². The molecule has 0 spiro atoms. The number of likely N-dealkylation sites (N-methyl/N-ethyl adjacent to an activating group) is 1. The van der Waals surface area contributed by atoms with E-state index < -0.39 is 0 Å². The van der Waals surface area contributed by atoms with E-state index >= 15 is 0 Å². The molecule has 0 aliphatic heterocycles. The first-order valence-corrected chi connectivity index (χ1v) is 7.09. The van der Waals surface area contributed by atoms with Crippen molar-refractivity contribution in [2.24, 2.45) is 23.0 Å². The van der Waals surface area contributed by atoms with Crippen LogP contribution in [0.3, 0.4) is 0 Å². The highest BCUT2D eigenvalue weighted by molar-refractivity contribution is 5.06. The molecule has 1 aliphatic carbocycles. The van der Waals surface area contributed by atoms with Gasteiger partial charge in [-0.25, -0.2) is 0 Å². The molecule has 17 heavy (non-hydrogen) atoms. The van der Waals surface area contributed by atoms with E-state index in [4.69, 9.17) is 5.73 Å². The Morgan fingerprint density at radius 1 is 1.29 bits per heavy atom. The van der Waals surface area contributed by atoms with Gasteiger partial charge in [-0.1, -0.05) is 34.6 Å². The van der Waals surface area contributed by atoms with Crippen molar-refractivity contribution in [1.29, 1.82) is 0 Å². The summed E-state index contributed by atoms with van der Waals surface area (Å²) in [6.45, 7) is 14.9. The van der Waals surface area contributed by atoms with E-state index in [0.29, 0.717) is 23.3 Å². The van der Waals surface area contributed by atoms with Crippen LogP contribution < -0.4 is 5.73 Å². The number of nitrogens with two attached hydrogens (primary N) is 1. The summed E-state index contributed by atoms with van der Waals surface area (Å²) in [5.41, 5.74) is 6.81. The SMILES string of the molecule is CC(C)C(C)N(C)C1(CN)CC(C)(C)CC1C. The highest BCUT2D eigenvalue weighted by Gasteiger charge is 2.51. The van der Waals surface area contributed by atoms with Gasteiger partial charge < -0.3 is 5.73 Å². The van der Waals surface area contributed by atoms with Crippen LogP contribution >= 0.6 is 0 Å². The van der Waals surface area contributed by atoms with E-state index in [9.17, 15) is 0 Å². The number of hydrogen-bond acceptors (Lipinski definition) is 2. The maximum Gasteiger partial charge on any atom is 0.0362 e. The van der Waals surface area contributed by atoms with Gasteiger partial charge in [0.05, 0.1) is 0 Å². The minimum absolute atomic E-state index is 0.202. The quantitative estimate of drug-likeness (QED) is 0.818. The Labute approximate surface area is 108 Å². The van der Waals surface area contributed by atoms with Crippen LogP contribution in [0.4, 0.5) is 0 Å². The molecule has 0 aromatic heterocycles. The smallest absolute Gasteiger partial charge is 0.0362 e. The molecule has 1 aliphatic rings. The summed E-state index contributed by atoms with van der Waals surface area (Å²) in [7, 11) is 2.27. The minimum Gasteiger partial charge on any atom is -0.329 e. The van der Waals surface area contributed by atoms with E-state index in [2.05, 4.69) is 53.5 Å². The van der Waals surface area contributed by atoms with Gasteiger partial charge in [-0.2, -0.15) is 0 Å². The Balaban J connectivity index is 2.97. The second kappa shape index (κ2) is 4.89. The first-order chi connectivity index (χ1) is 7.66. The van der Waals surface area contributed by atoms with E-state index in [0.717, 1.165) is 6.54 Å². The van der Waals surface area contributed by atoms with Crippen LogP contribution in [0.5, 0.6) is 0 Å². The van der Waals surface area contributed by atoms with Gasteiger partial charge in [0.1, 0.15) is 0 Å². The lowest BCUT2D eigenvalue weighted by Gasteiger charge is -2.46. The van der Waals surface area contributed by atoms with Gasteiger partial charge in [0.25, 0.3) is 0 Å². The maximum atomic E-state index is 6.18. The van der Waals surface area contributed by atoms with Crippen LogP contribution in [-0.4, -0.2) is 30.1 Å². The molecule has 2 nitrogen and oxygen atoms in total. The van der Waals surface area contributed by atoms with Gasteiger partial charge >= 0.3 is 0 Å². The lowest BCUT2D eigenvalue weighted by Crippen LogP contribution is -2.58. The number of nitrogens with zero attached hydrogens (tertiary/aromatic N) is 1. The lowest BCUT2D eigenvalue weighted by molar-refractivity contribution is 0.0336. The van der Waals surface area contributed by atoms with Crippen LogP contribution in [-0.2, 0) is 0 Å². The van der Waals surface area contributed by atoms with Gasteiger partial charge in [0, 0.05) is 18.1 Å². The zero-order valence-electron chi connectivity index (χ0n) is 12.9. The molecular weight excluding hydrogens is 208 g/mol. The fraction of sp³-hybridized carbons (Fsp3) is 1.00. The van der Waals surface area contributed by atoms with Crippen LogP contribution in [0.1, 0.15) is 54.4 Å². The molecule has 0 saturated heterocycles. The normalized spacial score (nSPS) is 34.6. The van der Waals surface area contributed by atoms with Gasteiger partial charge in [0.2, 0.25) is 0 Å². The van der Waals surface area contributed by atoms with E-state index in [-0.39, 0.29) is 5.54 Å².